The van der Waals surface area contributed by atoms with Crippen LogP contribution < -0.4 is 0 Å². The molecule has 0 saturated heterocycles. The zero-order valence-corrected chi connectivity index (χ0v) is 7.45. The summed E-state index contributed by atoms with van der Waals surface area (Å²) < 4.78 is 0. The lowest BCUT2D eigenvalue weighted by Crippen LogP contribution is -1.99. The molecule has 4 nitrogen and oxygen atoms in total. The molecular weight excluding hydrogens is 168 g/mol. The standard InChI is InChI=1S/C9H12N2O2/c1-2-5-4-10-8(11-5)6-3-7(6)9(12)13/h4,6-7H,2-3H2,1H3,(H,10,11)(H,12,13). The molecule has 1 aromatic heterocycles. The summed E-state index contributed by atoms with van der Waals surface area (Å²) in [7, 11) is 0. The fraction of sp³-hybridized carbons (Fsp3) is 0.556. The van der Waals surface area contributed by atoms with Crippen molar-refractivity contribution in [1.29, 1.82) is 0 Å². The van der Waals surface area contributed by atoms with E-state index in [-0.39, 0.29) is 11.8 Å². The highest BCUT2D eigenvalue weighted by Crippen LogP contribution is 2.46. The largest absolute Gasteiger partial charge is 0.481 e. The lowest BCUT2D eigenvalue weighted by molar-refractivity contribution is -0.138. The molecule has 0 aliphatic heterocycles. The van der Waals surface area contributed by atoms with Gasteiger partial charge in [0.25, 0.3) is 0 Å². The average molecular weight is 180 g/mol. The number of aryl methyl sites for hydroxylation is 1. The lowest BCUT2D eigenvalue weighted by Gasteiger charge is -1.91. The number of aliphatic carboxylic acids is 1. The minimum absolute atomic E-state index is 0.123. The molecule has 1 fully saturated rings. The normalized spacial score (nSPS) is 25.9. The van der Waals surface area contributed by atoms with Crippen molar-refractivity contribution in [1.82, 2.24) is 9.97 Å². The molecule has 13 heavy (non-hydrogen) atoms. The Morgan fingerprint density at radius 2 is 2.62 bits per heavy atom. The van der Waals surface area contributed by atoms with E-state index in [2.05, 4.69) is 9.97 Å². The molecule has 2 unspecified atom stereocenters. The number of H-pyrrole nitrogens is 1. The van der Waals surface area contributed by atoms with Crippen molar-refractivity contribution in [3.8, 4) is 0 Å². The minimum Gasteiger partial charge on any atom is -0.481 e. The first-order valence-corrected chi connectivity index (χ1v) is 4.49. The first-order chi connectivity index (χ1) is 6.22. The summed E-state index contributed by atoms with van der Waals surface area (Å²) in [4.78, 5) is 17.9. The summed E-state index contributed by atoms with van der Waals surface area (Å²) in [6, 6.07) is 0. The Morgan fingerprint density at radius 3 is 3.08 bits per heavy atom. The fourth-order valence-electron chi connectivity index (χ4n) is 1.51. The molecule has 1 heterocycles. The van der Waals surface area contributed by atoms with Crippen LogP contribution in [0.3, 0.4) is 0 Å². The third-order valence-electron chi connectivity index (χ3n) is 2.49. The van der Waals surface area contributed by atoms with Crippen LogP contribution in [0.2, 0.25) is 0 Å². The van der Waals surface area contributed by atoms with E-state index >= 15 is 0 Å². The van der Waals surface area contributed by atoms with Crippen LogP contribution in [0.4, 0.5) is 0 Å². The number of carboxylic acids is 1. The van der Waals surface area contributed by atoms with Gasteiger partial charge in [-0.3, -0.25) is 4.79 Å². The van der Waals surface area contributed by atoms with Crippen LogP contribution in [0.5, 0.6) is 0 Å². The van der Waals surface area contributed by atoms with Crippen molar-refractivity contribution >= 4 is 5.97 Å². The van der Waals surface area contributed by atoms with Gasteiger partial charge in [-0.15, -0.1) is 0 Å². The molecule has 2 rings (SSSR count). The van der Waals surface area contributed by atoms with Gasteiger partial charge in [0.1, 0.15) is 5.82 Å². The first-order valence-electron chi connectivity index (χ1n) is 4.49. The monoisotopic (exact) mass is 180 g/mol. The zero-order chi connectivity index (χ0) is 9.42. The second-order valence-electron chi connectivity index (χ2n) is 3.43. The highest BCUT2D eigenvalue weighted by Gasteiger charge is 2.46. The van der Waals surface area contributed by atoms with Gasteiger partial charge in [0.15, 0.2) is 0 Å². The van der Waals surface area contributed by atoms with Crippen molar-refractivity contribution in [3.05, 3.63) is 17.7 Å². The molecule has 2 N–H and O–H groups in total. The highest BCUT2D eigenvalue weighted by molar-refractivity contribution is 5.74. The molecule has 1 aliphatic carbocycles. The fourth-order valence-corrected chi connectivity index (χ4v) is 1.51. The Balaban J connectivity index is 2.07. The van der Waals surface area contributed by atoms with Crippen LogP contribution in [-0.4, -0.2) is 21.0 Å². The van der Waals surface area contributed by atoms with Crippen molar-refractivity contribution in [2.45, 2.75) is 25.7 Å². The van der Waals surface area contributed by atoms with Crippen LogP contribution in [-0.2, 0) is 11.2 Å². The molecule has 0 amide bonds. The first kappa shape index (κ1) is 8.29. The van der Waals surface area contributed by atoms with Crippen molar-refractivity contribution in [2.75, 3.05) is 0 Å². The summed E-state index contributed by atoms with van der Waals surface area (Å²) >= 11 is 0. The van der Waals surface area contributed by atoms with E-state index in [1.54, 1.807) is 6.20 Å². The molecule has 1 aliphatic rings. The average Bonchev–Trinajstić information content (AvgIpc) is 2.78. The van der Waals surface area contributed by atoms with Crippen LogP contribution in [0.1, 0.15) is 30.8 Å². The SMILES string of the molecule is CCc1cnc(C2CC2C(=O)O)[nH]1. The van der Waals surface area contributed by atoms with Gasteiger partial charge >= 0.3 is 5.97 Å². The second-order valence-corrected chi connectivity index (χ2v) is 3.43. The predicted octanol–water partition coefficient (Wildman–Crippen LogP) is 1.16. The van der Waals surface area contributed by atoms with Crippen LogP contribution in [0.15, 0.2) is 6.20 Å². The van der Waals surface area contributed by atoms with Crippen LogP contribution >= 0.6 is 0 Å². The molecule has 2 atom stereocenters. The van der Waals surface area contributed by atoms with Crippen molar-refractivity contribution in [3.63, 3.8) is 0 Å². The number of imidazole rings is 1. The lowest BCUT2D eigenvalue weighted by atomic mass is 10.3. The number of hydrogen-bond acceptors (Lipinski definition) is 2. The maximum atomic E-state index is 10.6. The van der Waals surface area contributed by atoms with E-state index in [1.165, 1.54) is 0 Å². The quantitative estimate of drug-likeness (QED) is 0.733. The third-order valence-corrected chi connectivity index (χ3v) is 2.49. The highest BCUT2D eigenvalue weighted by atomic mass is 16.4. The minimum atomic E-state index is -0.709. The smallest absolute Gasteiger partial charge is 0.307 e. The van der Waals surface area contributed by atoms with E-state index in [9.17, 15) is 4.79 Å². The van der Waals surface area contributed by atoms with E-state index < -0.39 is 5.97 Å². The molecule has 1 aromatic rings. The van der Waals surface area contributed by atoms with E-state index in [0.717, 1.165) is 24.4 Å². The molecule has 70 valence electrons. The molecule has 1 saturated carbocycles. The molecular formula is C9H12N2O2. The Bertz CT molecular complexity index is 332. The maximum absolute atomic E-state index is 10.6. The van der Waals surface area contributed by atoms with Crippen LogP contribution in [0, 0.1) is 5.92 Å². The number of rotatable bonds is 3. The Kier molecular flexibility index (Phi) is 1.83. The summed E-state index contributed by atoms with van der Waals surface area (Å²) in [5, 5.41) is 8.71. The molecule has 0 bridgehead atoms. The molecule has 0 aromatic carbocycles. The van der Waals surface area contributed by atoms with Gasteiger partial charge in [0, 0.05) is 17.8 Å². The van der Waals surface area contributed by atoms with Gasteiger partial charge < -0.3 is 10.1 Å². The maximum Gasteiger partial charge on any atom is 0.307 e. The Labute approximate surface area is 76.0 Å². The van der Waals surface area contributed by atoms with Crippen LogP contribution in [0.25, 0.3) is 0 Å². The van der Waals surface area contributed by atoms with E-state index in [0.29, 0.717) is 0 Å². The Hall–Kier alpha value is -1.32. The summed E-state index contributed by atoms with van der Waals surface area (Å²) in [6.45, 7) is 2.04. The van der Waals surface area contributed by atoms with Crippen molar-refractivity contribution in [2.24, 2.45) is 5.92 Å². The topological polar surface area (TPSA) is 66.0 Å². The summed E-state index contributed by atoms with van der Waals surface area (Å²) in [5.41, 5.74) is 1.08. The number of carboxylic acid groups (broad SMARTS) is 1. The third kappa shape index (κ3) is 1.43. The number of hydrogen-bond donors (Lipinski definition) is 2. The van der Waals surface area contributed by atoms with Gasteiger partial charge in [-0.1, -0.05) is 6.92 Å². The predicted molar refractivity (Wildman–Crippen MR) is 46.4 cm³/mol. The molecule has 0 radical (unpaired) electrons. The number of nitrogens with one attached hydrogen (secondary N) is 1. The summed E-state index contributed by atoms with van der Waals surface area (Å²) in [6.07, 6.45) is 3.43. The van der Waals surface area contributed by atoms with Crippen molar-refractivity contribution < 1.29 is 9.90 Å². The molecule has 0 spiro atoms. The molecule has 4 heteroatoms. The number of aromatic amines is 1. The van der Waals surface area contributed by atoms with Gasteiger partial charge in [-0.25, -0.2) is 4.98 Å². The van der Waals surface area contributed by atoms with E-state index in [1.807, 2.05) is 6.92 Å². The Morgan fingerprint density at radius 1 is 1.85 bits per heavy atom. The summed E-state index contributed by atoms with van der Waals surface area (Å²) in [5.74, 6) is 0.0392. The van der Waals surface area contributed by atoms with Gasteiger partial charge in [-0.05, 0) is 12.8 Å². The number of nitrogens with zero attached hydrogens (tertiary/aromatic N) is 1. The van der Waals surface area contributed by atoms with Gasteiger partial charge in [0.2, 0.25) is 0 Å². The van der Waals surface area contributed by atoms with E-state index in [4.69, 9.17) is 5.11 Å². The number of aromatic nitrogens is 2. The van der Waals surface area contributed by atoms with Gasteiger partial charge in [0.05, 0.1) is 5.92 Å². The second kappa shape index (κ2) is 2.87. The number of carbonyl (C=O) groups is 1. The van der Waals surface area contributed by atoms with Gasteiger partial charge in [-0.2, -0.15) is 0 Å². The zero-order valence-electron chi connectivity index (χ0n) is 7.45.